The van der Waals surface area contributed by atoms with E-state index in [0.29, 0.717) is 18.8 Å². The third-order valence-electron chi connectivity index (χ3n) is 0.749. The molecular weight excluding hydrogens is 118 g/mol. The Kier molecular flexibility index (Phi) is 4.66. The molecule has 0 unspecified atom stereocenters. The summed E-state index contributed by atoms with van der Waals surface area (Å²) in [5, 5.41) is 6.54. The van der Waals surface area contributed by atoms with E-state index in [1.165, 1.54) is 0 Å². The highest BCUT2D eigenvalue weighted by Gasteiger charge is 1.85. The van der Waals surface area contributed by atoms with Crippen molar-refractivity contribution in [3.63, 3.8) is 0 Å². The molecule has 0 aliphatic heterocycles. The normalized spacial score (nSPS) is 12.9. The maximum atomic E-state index is 5.21. The van der Waals surface area contributed by atoms with Crippen LogP contribution in [0.15, 0.2) is 22.1 Å². The van der Waals surface area contributed by atoms with Gasteiger partial charge in [-0.05, 0) is 6.08 Å². The number of hydrogen-bond donors (Lipinski definition) is 3. The van der Waals surface area contributed by atoms with E-state index in [1.807, 2.05) is 0 Å². The van der Waals surface area contributed by atoms with Crippen LogP contribution in [0.25, 0.3) is 0 Å². The molecule has 0 radical (unpaired) electrons. The second kappa shape index (κ2) is 5.20. The molecule has 0 aromatic carbocycles. The molecule has 0 aliphatic rings. The standard InChI is InChI=1S/C4H11N5/c5-2-1-4(3-6)8-9-7/h1H,2-3,5-6H2,(H2,7,8)/b4-1+. The van der Waals surface area contributed by atoms with Crippen molar-refractivity contribution in [1.29, 1.82) is 0 Å². The third kappa shape index (κ3) is 3.63. The van der Waals surface area contributed by atoms with Crippen molar-refractivity contribution in [2.24, 2.45) is 27.6 Å². The second-order valence-corrected chi connectivity index (χ2v) is 1.35. The van der Waals surface area contributed by atoms with Crippen LogP contribution in [0.2, 0.25) is 0 Å². The van der Waals surface area contributed by atoms with Gasteiger partial charge in [0.25, 0.3) is 0 Å². The van der Waals surface area contributed by atoms with Crippen molar-refractivity contribution in [3.05, 3.63) is 11.8 Å². The molecule has 0 spiro atoms. The lowest BCUT2D eigenvalue weighted by molar-refractivity contribution is 0.952. The lowest BCUT2D eigenvalue weighted by atomic mass is 10.4. The van der Waals surface area contributed by atoms with Crippen LogP contribution in [0, 0.1) is 0 Å². The minimum absolute atomic E-state index is 0.317. The van der Waals surface area contributed by atoms with Gasteiger partial charge in [-0.2, -0.15) is 0 Å². The van der Waals surface area contributed by atoms with E-state index in [0.717, 1.165) is 0 Å². The van der Waals surface area contributed by atoms with Crippen molar-refractivity contribution in [2.45, 2.75) is 0 Å². The smallest absolute Gasteiger partial charge is 0.0756 e. The molecule has 0 atom stereocenters. The molecule has 0 heterocycles. The maximum Gasteiger partial charge on any atom is 0.0756 e. The number of nitrogens with zero attached hydrogens (tertiary/aromatic N) is 2. The summed E-state index contributed by atoms with van der Waals surface area (Å²) in [6, 6.07) is 0. The third-order valence-corrected chi connectivity index (χ3v) is 0.749. The lowest BCUT2D eigenvalue weighted by Gasteiger charge is -1.90. The van der Waals surface area contributed by atoms with Gasteiger partial charge in [0.1, 0.15) is 0 Å². The van der Waals surface area contributed by atoms with E-state index < -0.39 is 0 Å². The van der Waals surface area contributed by atoms with E-state index in [9.17, 15) is 0 Å². The summed E-state index contributed by atoms with van der Waals surface area (Å²) in [7, 11) is 0. The molecular formula is C4H11N5. The molecule has 0 aromatic rings. The fourth-order valence-corrected chi connectivity index (χ4v) is 0.375. The molecule has 0 saturated heterocycles. The zero-order valence-electron chi connectivity index (χ0n) is 5.12. The Hall–Kier alpha value is -0.940. The lowest BCUT2D eigenvalue weighted by Crippen LogP contribution is -2.04. The molecule has 52 valence electrons. The molecule has 5 heteroatoms. The Morgan fingerprint density at radius 1 is 1.44 bits per heavy atom. The fourth-order valence-electron chi connectivity index (χ4n) is 0.375. The van der Waals surface area contributed by atoms with Gasteiger partial charge in [-0.3, -0.25) is 0 Å². The first-order valence-electron chi connectivity index (χ1n) is 2.55. The maximum absolute atomic E-state index is 5.21. The van der Waals surface area contributed by atoms with Crippen molar-refractivity contribution >= 4 is 0 Å². The van der Waals surface area contributed by atoms with Crippen molar-refractivity contribution in [1.82, 2.24) is 0 Å². The predicted octanol–water partition coefficient (Wildman–Crippen LogP) is -0.886. The van der Waals surface area contributed by atoms with Gasteiger partial charge in [0.2, 0.25) is 0 Å². The quantitative estimate of drug-likeness (QED) is 0.262. The number of hydrogen-bond acceptors (Lipinski definition) is 4. The molecule has 5 nitrogen and oxygen atoms in total. The highest BCUT2D eigenvalue weighted by molar-refractivity contribution is 5.00. The highest BCUT2D eigenvalue weighted by atomic mass is 15.3. The number of nitrogens with two attached hydrogens (primary N) is 3. The molecule has 0 fully saturated rings. The van der Waals surface area contributed by atoms with E-state index in [2.05, 4.69) is 10.3 Å². The Bertz CT molecular complexity index is 116. The second-order valence-electron chi connectivity index (χ2n) is 1.35. The summed E-state index contributed by atoms with van der Waals surface area (Å²) in [5.74, 6) is 4.76. The summed E-state index contributed by atoms with van der Waals surface area (Å²) in [6.07, 6.45) is 1.66. The summed E-state index contributed by atoms with van der Waals surface area (Å²) in [5.41, 5.74) is 11.0. The monoisotopic (exact) mass is 129 g/mol. The van der Waals surface area contributed by atoms with Crippen LogP contribution in [0.4, 0.5) is 0 Å². The van der Waals surface area contributed by atoms with E-state index in [1.54, 1.807) is 6.08 Å². The van der Waals surface area contributed by atoms with Gasteiger partial charge >= 0.3 is 0 Å². The van der Waals surface area contributed by atoms with Crippen LogP contribution in [-0.2, 0) is 0 Å². The first kappa shape index (κ1) is 8.06. The van der Waals surface area contributed by atoms with Crippen LogP contribution in [0.5, 0.6) is 0 Å². The Balaban J connectivity index is 3.81. The summed E-state index contributed by atoms with van der Waals surface area (Å²) < 4.78 is 0. The van der Waals surface area contributed by atoms with Gasteiger partial charge in [0, 0.05) is 13.1 Å². The predicted molar refractivity (Wildman–Crippen MR) is 35.2 cm³/mol. The SMILES string of the molecule is NC/C=C(\CN)N=NN. The van der Waals surface area contributed by atoms with Gasteiger partial charge < -0.3 is 17.3 Å². The summed E-state index contributed by atoms with van der Waals surface area (Å²) in [6.45, 7) is 0.726. The molecule has 0 bridgehead atoms. The average Bonchev–Trinajstić information content (AvgIpc) is 1.88. The fraction of sp³-hybridized carbons (Fsp3) is 0.500. The molecule has 0 rings (SSSR count). The largest absolute Gasteiger partial charge is 0.327 e. The molecule has 9 heavy (non-hydrogen) atoms. The Morgan fingerprint density at radius 3 is 2.44 bits per heavy atom. The topological polar surface area (TPSA) is 103 Å². The van der Waals surface area contributed by atoms with Crippen molar-refractivity contribution < 1.29 is 0 Å². The zero-order chi connectivity index (χ0) is 7.11. The van der Waals surface area contributed by atoms with Gasteiger partial charge in [0.15, 0.2) is 0 Å². The molecule has 0 aliphatic carbocycles. The van der Waals surface area contributed by atoms with Crippen LogP contribution >= 0.6 is 0 Å². The average molecular weight is 129 g/mol. The van der Waals surface area contributed by atoms with Gasteiger partial charge in [-0.25, -0.2) is 0 Å². The van der Waals surface area contributed by atoms with E-state index >= 15 is 0 Å². The van der Waals surface area contributed by atoms with E-state index in [4.69, 9.17) is 17.3 Å². The van der Waals surface area contributed by atoms with Crippen LogP contribution < -0.4 is 17.3 Å². The van der Waals surface area contributed by atoms with Crippen LogP contribution in [0.3, 0.4) is 0 Å². The Morgan fingerprint density at radius 2 is 2.11 bits per heavy atom. The zero-order valence-corrected chi connectivity index (χ0v) is 5.12. The summed E-state index contributed by atoms with van der Waals surface area (Å²) >= 11 is 0. The van der Waals surface area contributed by atoms with Gasteiger partial charge in [-0.1, -0.05) is 5.22 Å². The molecule has 0 amide bonds. The minimum atomic E-state index is 0.317. The van der Waals surface area contributed by atoms with Crippen molar-refractivity contribution in [2.75, 3.05) is 13.1 Å². The Labute approximate surface area is 53.6 Å². The summed E-state index contributed by atoms with van der Waals surface area (Å²) in [4.78, 5) is 0. The molecule has 6 N–H and O–H groups in total. The molecule has 0 aromatic heterocycles. The first-order chi connectivity index (χ1) is 4.35. The molecule has 0 saturated carbocycles. The van der Waals surface area contributed by atoms with Gasteiger partial charge in [0.05, 0.1) is 5.70 Å². The highest BCUT2D eigenvalue weighted by Crippen LogP contribution is 1.90. The number of rotatable bonds is 3. The van der Waals surface area contributed by atoms with Crippen LogP contribution in [-0.4, -0.2) is 13.1 Å². The van der Waals surface area contributed by atoms with Gasteiger partial charge in [-0.15, -0.1) is 5.11 Å². The van der Waals surface area contributed by atoms with Crippen LogP contribution in [0.1, 0.15) is 0 Å². The van der Waals surface area contributed by atoms with Crippen molar-refractivity contribution in [3.8, 4) is 0 Å². The minimum Gasteiger partial charge on any atom is -0.327 e. The van der Waals surface area contributed by atoms with E-state index in [-0.39, 0.29) is 0 Å². The first-order valence-corrected chi connectivity index (χ1v) is 2.55.